The molecule has 106 valence electrons. The van der Waals surface area contributed by atoms with Crippen LogP contribution in [0.4, 0.5) is 5.82 Å². The fraction of sp³-hybridized carbons (Fsp3) is 0.308. The molecule has 0 bridgehead atoms. The standard InChI is InChI=1S/C13H14N2O4S/c1-7-4-11(15-19-7)14-12(16)6-18-13(17)10-5-8(2)20-9(10)3/h4-5H,6H2,1-3H3,(H,14,15,16). The molecule has 0 aliphatic heterocycles. The van der Waals surface area contributed by atoms with Gasteiger partial charge in [0.15, 0.2) is 12.4 Å². The first-order chi connectivity index (χ1) is 9.45. The molecule has 0 radical (unpaired) electrons. The maximum atomic E-state index is 11.8. The van der Waals surface area contributed by atoms with E-state index in [1.807, 2.05) is 13.8 Å². The van der Waals surface area contributed by atoms with Crippen molar-refractivity contribution in [3.8, 4) is 0 Å². The van der Waals surface area contributed by atoms with Crippen molar-refractivity contribution in [2.45, 2.75) is 20.8 Å². The highest BCUT2D eigenvalue weighted by Gasteiger charge is 2.15. The number of anilines is 1. The number of hydrogen-bond donors (Lipinski definition) is 1. The van der Waals surface area contributed by atoms with Gasteiger partial charge in [-0.2, -0.15) is 0 Å². The Morgan fingerprint density at radius 2 is 2.10 bits per heavy atom. The molecule has 2 heterocycles. The van der Waals surface area contributed by atoms with Crippen LogP contribution in [0.15, 0.2) is 16.7 Å². The van der Waals surface area contributed by atoms with E-state index in [-0.39, 0.29) is 6.61 Å². The minimum atomic E-state index is -0.502. The van der Waals surface area contributed by atoms with E-state index in [2.05, 4.69) is 10.5 Å². The molecule has 0 spiro atoms. The zero-order valence-electron chi connectivity index (χ0n) is 11.4. The highest BCUT2D eigenvalue weighted by molar-refractivity contribution is 7.12. The summed E-state index contributed by atoms with van der Waals surface area (Å²) in [6.07, 6.45) is 0. The Kier molecular flexibility index (Phi) is 4.19. The lowest BCUT2D eigenvalue weighted by atomic mass is 10.2. The smallest absolute Gasteiger partial charge is 0.339 e. The van der Waals surface area contributed by atoms with Crippen LogP contribution in [0.1, 0.15) is 25.9 Å². The van der Waals surface area contributed by atoms with Crippen molar-refractivity contribution < 1.29 is 18.8 Å². The largest absolute Gasteiger partial charge is 0.452 e. The fourth-order valence-corrected chi connectivity index (χ4v) is 2.56. The van der Waals surface area contributed by atoms with E-state index >= 15 is 0 Å². The minimum Gasteiger partial charge on any atom is -0.452 e. The molecule has 0 saturated carbocycles. The molecule has 1 amide bonds. The van der Waals surface area contributed by atoms with Crippen molar-refractivity contribution in [2.24, 2.45) is 0 Å². The number of ether oxygens (including phenoxy) is 1. The molecule has 7 heteroatoms. The number of carbonyl (C=O) groups excluding carboxylic acids is 2. The predicted octanol–water partition coefficient (Wildman–Crippen LogP) is 2.46. The Bertz CT molecular complexity index is 645. The van der Waals surface area contributed by atoms with Crippen LogP contribution in [-0.4, -0.2) is 23.6 Å². The van der Waals surface area contributed by atoms with Gasteiger partial charge in [0.2, 0.25) is 0 Å². The zero-order chi connectivity index (χ0) is 14.7. The number of aromatic nitrogens is 1. The Hall–Kier alpha value is -2.15. The van der Waals surface area contributed by atoms with Gasteiger partial charge in [0.05, 0.1) is 5.56 Å². The summed E-state index contributed by atoms with van der Waals surface area (Å²) in [6, 6.07) is 3.33. The molecule has 1 N–H and O–H groups in total. The topological polar surface area (TPSA) is 81.4 Å². The Morgan fingerprint density at radius 3 is 2.65 bits per heavy atom. The van der Waals surface area contributed by atoms with Crippen LogP contribution in [0.25, 0.3) is 0 Å². The molecule has 0 aliphatic rings. The molecule has 0 atom stereocenters. The summed E-state index contributed by atoms with van der Waals surface area (Å²) >= 11 is 1.51. The molecule has 2 aromatic heterocycles. The van der Waals surface area contributed by atoms with Crippen LogP contribution < -0.4 is 5.32 Å². The number of esters is 1. The van der Waals surface area contributed by atoms with E-state index in [0.717, 1.165) is 9.75 Å². The lowest BCUT2D eigenvalue weighted by molar-refractivity contribution is -0.119. The minimum absolute atomic E-state index is 0.297. The van der Waals surface area contributed by atoms with Gasteiger partial charge >= 0.3 is 5.97 Å². The quantitative estimate of drug-likeness (QED) is 0.876. The third-order valence-corrected chi connectivity index (χ3v) is 3.46. The first-order valence-electron chi connectivity index (χ1n) is 5.93. The SMILES string of the molecule is Cc1cc(NC(=O)COC(=O)c2cc(C)sc2C)no1. The van der Waals surface area contributed by atoms with Crippen LogP contribution >= 0.6 is 11.3 Å². The van der Waals surface area contributed by atoms with Crippen LogP contribution in [0.2, 0.25) is 0 Å². The summed E-state index contributed by atoms with van der Waals surface area (Å²) in [5.74, 6) is -0.0811. The molecule has 0 aliphatic carbocycles. The first-order valence-corrected chi connectivity index (χ1v) is 6.74. The second kappa shape index (κ2) is 5.87. The second-order valence-electron chi connectivity index (χ2n) is 4.27. The molecule has 6 nitrogen and oxygen atoms in total. The van der Waals surface area contributed by atoms with E-state index in [0.29, 0.717) is 17.1 Å². The molecule has 2 rings (SSSR count). The van der Waals surface area contributed by atoms with Gasteiger partial charge < -0.3 is 14.6 Å². The third kappa shape index (κ3) is 3.45. The maximum absolute atomic E-state index is 11.8. The van der Waals surface area contributed by atoms with Crippen molar-refractivity contribution in [1.82, 2.24) is 5.16 Å². The summed E-state index contributed by atoms with van der Waals surface area (Å²) in [5.41, 5.74) is 0.498. The summed E-state index contributed by atoms with van der Waals surface area (Å²) in [7, 11) is 0. The fourth-order valence-electron chi connectivity index (χ4n) is 1.65. The van der Waals surface area contributed by atoms with Gasteiger partial charge in [0, 0.05) is 15.8 Å². The molecule has 2 aromatic rings. The van der Waals surface area contributed by atoms with Crippen molar-refractivity contribution >= 4 is 29.0 Å². The van der Waals surface area contributed by atoms with Gasteiger partial charge in [0.1, 0.15) is 5.76 Å². The van der Waals surface area contributed by atoms with Crippen molar-refractivity contribution in [1.29, 1.82) is 0 Å². The molecular formula is C13H14N2O4S. The predicted molar refractivity (Wildman–Crippen MR) is 73.9 cm³/mol. The highest BCUT2D eigenvalue weighted by Crippen LogP contribution is 2.21. The van der Waals surface area contributed by atoms with Gasteiger partial charge in [-0.1, -0.05) is 5.16 Å². The van der Waals surface area contributed by atoms with Gasteiger partial charge in [-0.25, -0.2) is 4.79 Å². The summed E-state index contributed by atoms with van der Waals surface area (Å²) < 4.78 is 9.77. The van der Waals surface area contributed by atoms with E-state index in [1.165, 1.54) is 11.3 Å². The Labute approximate surface area is 119 Å². The average Bonchev–Trinajstić information content (AvgIpc) is 2.92. The number of aryl methyl sites for hydroxylation is 3. The molecular weight excluding hydrogens is 280 g/mol. The molecule has 0 saturated heterocycles. The van der Waals surface area contributed by atoms with Gasteiger partial charge in [-0.15, -0.1) is 11.3 Å². The number of nitrogens with one attached hydrogen (secondary N) is 1. The highest BCUT2D eigenvalue weighted by atomic mass is 32.1. The number of nitrogens with zero attached hydrogens (tertiary/aromatic N) is 1. The second-order valence-corrected chi connectivity index (χ2v) is 5.73. The Balaban J connectivity index is 1.87. The number of hydrogen-bond acceptors (Lipinski definition) is 6. The molecule has 20 heavy (non-hydrogen) atoms. The number of thiophene rings is 1. The third-order valence-electron chi connectivity index (χ3n) is 2.49. The number of carbonyl (C=O) groups is 2. The Morgan fingerprint density at radius 1 is 1.35 bits per heavy atom. The van der Waals surface area contributed by atoms with Crippen molar-refractivity contribution in [3.05, 3.63) is 33.2 Å². The average molecular weight is 294 g/mol. The van der Waals surface area contributed by atoms with Crippen molar-refractivity contribution in [3.63, 3.8) is 0 Å². The molecule has 0 unspecified atom stereocenters. The van der Waals surface area contributed by atoms with E-state index in [1.54, 1.807) is 19.1 Å². The summed E-state index contributed by atoms with van der Waals surface area (Å²) in [6.45, 7) is 5.10. The monoisotopic (exact) mass is 294 g/mol. The summed E-state index contributed by atoms with van der Waals surface area (Å²) in [4.78, 5) is 25.3. The maximum Gasteiger partial charge on any atom is 0.339 e. The summed E-state index contributed by atoms with van der Waals surface area (Å²) in [5, 5.41) is 6.08. The van der Waals surface area contributed by atoms with Crippen molar-refractivity contribution in [2.75, 3.05) is 11.9 Å². The lowest BCUT2D eigenvalue weighted by Gasteiger charge is -2.03. The molecule has 0 aromatic carbocycles. The van der Waals surface area contributed by atoms with Gasteiger partial charge in [0.25, 0.3) is 5.91 Å². The van der Waals surface area contributed by atoms with E-state index < -0.39 is 11.9 Å². The van der Waals surface area contributed by atoms with E-state index in [9.17, 15) is 9.59 Å². The zero-order valence-corrected chi connectivity index (χ0v) is 12.2. The number of rotatable bonds is 4. The van der Waals surface area contributed by atoms with Crippen LogP contribution in [0.5, 0.6) is 0 Å². The molecule has 0 fully saturated rings. The van der Waals surface area contributed by atoms with Gasteiger partial charge in [-0.05, 0) is 26.8 Å². The van der Waals surface area contributed by atoms with Crippen LogP contribution in [0, 0.1) is 20.8 Å². The van der Waals surface area contributed by atoms with Crippen LogP contribution in [0.3, 0.4) is 0 Å². The lowest BCUT2D eigenvalue weighted by Crippen LogP contribution is -2.21. The number of amides is 1. The van der Waals surface area contributed by atoms with Gasteiger partial charge in [-0.3, -0.25) is 4.79 Å². The first kappa shape index (κ1) is 14.3. The van der Waals surface area contributed by atoms with E-state index in [4.69, 9.17) is 9.26 Å². The van der Waals surface area contributed by atoms with Crippen LogP contribution in [-0.2, 0) is 9.53 Å². The normalized spacial score (nSPS) is 10.3.